The monoisotopic (exact) mass is 301 g/mol. The third kappa shape index (κ3) is 3.67. The number of ether oxygens (including phenoxy) is 1. The largest absolute Gasteiger partial charge is 0.496 e. The SMILES string of the molecule is CCn1cc(CC(C)c2ccc(OC)c(C(C)(C)C)c2)nn1. The molecule has 0 amide bonds. The molecular weight excluding hydrogens is 274 g/mol. The molecular formula is C18H27N3O. The Bertz CT molecular complexity index is 626. The van der Waals surface area contributed by atoms with E-state index >= 15 is 0 Å². The first-order chi connectivity index (χ1) is 10.3. The van der Waals surface area contributed by atoms with Crippen LogP contribution in [-0.4, -0.2) is 22.1 Å². The molecule has 22 heavy (non-hydrogen) atoms. The highest BCUT2D eigenvalue weighted by Gasteiger charge is 2.20. The van der Waals surface area contributed by atoms with E-state index in [9.17, 15) is 0 Å². The Labute approximate surface area is 133 Å². The second kappa shape index (κ2) is 6.51. The van der Waals surface area contributed by atoms with Gasteiger partial charge in [0.25, 0.3) is 0 Å². The Balaban J connectivity index is 2.24. The number of benzene rings is 1. The summed E-state index contributed by atoms with van der Waals surface area (Å²) in [5, 5.41) is 8.36. The lowest BCUT2D eigenvalue weighted by Gasteiger charge is -2.24. The maximum Gasteiger partial charge on any atom is 0.122 e. The Kier molecular flexibility index (Phi) is 4.89. The van der Waals surface area contributed by atoms with Crippen molar-refractivity contribution >= 4 is 0 Å². The van der Waals surface area contributed by atoms with Crippen LogP contribution in [0.15, 0.2) is 24.4 Å². The smallest absolute Gasteiger partial charge is 0.122 e. The van der Waals surface area contributed by atoms with Crippen LogP contribution in [0.1, 0.15) is 57.4 Å². The van der Waals surface area contributed by atoms with Gasteiger partial charge in [0.15, 0.2) is 0 Å². The van der Waals surface area contributed by atoms with Gasteiger partial charge in [0, 0.05) is 12.7 Å². The van der Waals surface area contributed by atoms with E-state index in [4.69, 9.17) is 4.74 Å². The van der Waals surface area contributed by atoms with Crippen LogP contribution in [0.25, 0.3) is 0 Å². The molecule has 1 aromatic carbocycles. The van der Waals surface area contributed by atoms with Crippen molar-refractivity contribution in [3.63, 3.8) is 0 Å². The standard InChI is InChI=1S/C18H27N3O/c1-7-21-12-15(19-20-21)10-13(2)14-8-9-17(22-6)16(11-14)18(3,4)5/h8-9,11-13H,7,10H2,1-6H3. The molecule has 0 saturated heterocycles. The van der Waals surface area contributed by atoms with E-state index in [1.807, 2.05) is 10.9 Å². The summed E-state index contributed by atoms with van der Waals surface area (Å²) in [6.45, 7) is 11.8. The first-order valence-electron chi connectivity index (χ1n) is 7.92. The molecule has 4 heteroatoms. The van der Waals surface area contributed by atoms with Crippen LogP contribution in [0.3, 0.4) is 0 Å². The maximum absolute atomic E-state index is 5.52. The molecule has 120 valence electrons. The lowest BCUT2D eigenvalue weighted by Crippen LogP contribution is -2.14. The molecule has 0 saturated carbocycles. The van der Waals surface area contributed by atoms with E-state index in [1.165, 1.54) is 11.1 Å². The van der Waals surface area contributed by atoms with Gasteiger partial charge in [-0.25, -0.2) is 0 Å². The molecule has 0 radical (unpaired) electrons. The highest BCUT2D eigenvalue weighted by atomic mass is 16.5. The van der Waals surface area contributed by atoms with Gasteiger partial charge < -0.3 is 4.74 Å². The van der Waals surface area contributed by atoms with Crippen molar-refractivity contribution < 1.29 is 4.74 Å². The molecule has 2 aromatic rings. The zero-order valence-corrected chi connectivity index (χ0v) is 14.6. The molecule has 2 rings (SSSR count). The van der Waals surface area contributed by atoms with Crippen LogP contribution in [0.5, 0.6) is 5.75 Å². The second-order valence-corrected chi connectivity index (χ2v) is 6.88. The molecule has 0 aliphatic heterocycles. The van der Waals surface area contributed by atoms with E-state index in [1.54, 1.807) is 7.11 Å². The topological polar surface area (TPSA) is 39.9 Å². The average Bonchev–Trinajstić information content (AvgIpc) is 2.93. The number of rotatable bonds is 5. The van der Waals surface area contributed by atoms with Gasteiger partial charge in [0.05, 0.1) is 12.8 Å². The summed E-state index contributed by atoms with van der Waals surface area (Å²) in [5.74, 6) is 1.36. The summed E-state index contributed by atoms with van der Waals surface area (Å²) in [4.78, 5) is 0. The zero-order valence-electron chi connectivity index (χ0n) is 14.6. The van der Waals surface area contributed by atoms with Gasteiger partial charge in [-0.1, -0.05) is 45.0 Å². The maximum atomic E-state index is 5.52. The van der Waals surface area contributed by atoms with Crippen molar-refractivity contribution in [3.8, 4) is 5.75 Å². The average molecular weight is 301 g/mol. The second-order valence-electron chi connectivity index (χ2n) is 6.88. The summed E-state index contributed by atoms with van der Waals surface area (Å²) in [6, 6.07) is 6.51. The zero-order chi connectivity index (χ0) is 16.3. The molecule has 0 aliphatic carbocycles. The van der Waals surface area contributed by atoms with E-state index < -0.39 is 0 Å². The van der Waals surface area contributed by atoms with Gasteiger partial charge in [0.1, 0.15) is 5.75 Å². The summed E-state index contributed by atoms with van der Waals surface area (Å²) in [7, 11) is 1.73. The fraction of sp³-hybridized carbons (Fsp3) is 0.556. The summed E-state index contributed by atoms with van der Waals surface area (Å²) < 4.78 is 7.39. The van der Waals surface area contributed by atoms with Crippen molar-refractivity contribution in [3.05, 3.63) is 41.2 Å². The molecule has 1 heterocycles. The van der Waals surface area contributed by atoms with Crippen molar-refractivity contribution in [1.82, 2.24) is 15.0 Å². The first-order valence-corrected chi connectivity index (χ1v) is 7.92. The van der Waals surface area contributed by atoms with Crippen LogP contribution in [0.2, 0.25) is 0 Å². The fourth-order valence-corrected chi connectivity index (χ4v) is 2.64. The van der Waals surface area contributed by atoms with Crippen LogP contribution >= 0.6 is 0 Å². The van der Waals surface area contributed by atoms with Gasteiger partial charge in [-0.05, 0) is 41.9 Å². The minimum atomic E-state index is 0.0619. The summed E-state index contributed by atoms with van der Waals surface area (Å²) in [5.41, 5.74) is 3.67. The highest BCUT2D eigenvalue weighted by Crippen LogP contribution is 2.34. The Morgan fingerprint density at radius 1 is 1.27 bits per heavy atom. The number of aryl methyl sites for hydroxylation is 1. The number of hydrogen-bond donors (Lipinski definition) is 0. The van der Waals surface area contributed by atoms with Crippen LogP contribution in [-0.2, 0) is 18.4 Å². The van der Waals surface area contributed by atoms with Crippen LogP contribution < -0.4 is 4.74 Å². The minimum Gasteiger partial charge on any atom is -0.496 e. The Morgan fingerprint density at radius 2 is 2.00 bits per heavy atom. The van der Waals surface area contributed by atoms with Crippen molar-refractivity contribution in [2.75, 3.05) is 7.11 Å². The van der Waals surface area contributed by atoms with Gasteiger partial charge in [0.2, 0.25) is 0 Å². The van der Waals surface area contributed by atoms with Gasteiger partial charge in [-0.15, -0.1) is 5.10 Å². The minimum absolute atomic E-state index is 0.0619. The normalized spacial score (nSPS) is 13.2. The fourth-order valence-electron chi connectivity index (χ4n) is 2.64. The molecule has 0 bridgehead atoms. The van der Waals surface area contributed by atoms with Gasteiger partial charge in [-0.3, -0.25) is 4.68 Å². The molecule has 1 unspecified atom stereocenters. The summed E-state index contributed by atoms with van der Waals surface area (Å²) >= 11 is 0. The number of nitrogens with zero attached hydrogens (tertiary/aromatic N) is 3. The van der Waals surface area contributed by atoms with E-state index in [0.717, 1.165) is 24.4 Å². The van der Waals surface area contributed by atoms with Crippen molar-refractivity contribution in [2.45, 2.75) is 58.9 Å². The predicted octanol–water partition coefficient (Wildman–Crippen LogP) is 3.95. The van der Waals surface area contributed by atoms with Crippen LogP contribution in [0, 0.1) is 0 Å². The molecule has 0 aliphatic rings. The Hall–Kier alpha value is -1.84. The number of methoxy groups -OCH3 is 1. The van der Waals surface area contributed by atoms with Crippen molar-refractivity contribution in [1.29, 1.82) is 0 Å². The van der Waals surface area contributed by atoms with Crippen LogP contribution in [0.4, 0.5) is 0 Å². The van der Waals surface area contributed by atoms with E-state index in [2.05, 4.69) is 63.1 Å². The molecule has 1 atom stereocenters. The molecule has 1 aromatic heterocycles. The number of aromatic nitrogens is 3. The Morgan fingerprint density at radius 3 is 2.55 bits per heavy atom. The molecule has 4 nitrogen and oxygen atoms in total. The van der Waals surface area contributed by atoms with E-state index in [-0.39, 0.29) is 5.41 Å². The molecule has 0 spiro atoms. The highest BCUT2D eigenvalue weighted by molar-refractivity contribution is 5.42. The lowest BCUT2D eigenvalue weighted by atomic mass is 9.83. The molecule has 0 fully saturated rings. The third-order valence-electron chi connectivity index (χ3n) is 4.03. The third-order valence-corrected chi connectivity index (χ3v) is 4.03. The summed E-state index contributed by atoms with van der Waals surface area (Å²) in [6.07, 6.45) is 2.93. The number of hydrogen-bond acceptors (Lipinski definition) is 3. The van der Waals surface area contributed by atoms with Crippen molar-refractivity contribution in [2.24, 2.45) is 0 Å². The molecule has 0 N–H and O–H groups in total. The van der Waals surface area contributed by atoms with E-state index in [0.29, 0.717) is 5.92 Å². The predicted molar refractivity (Wildman–Crippen MR) is 89.5 cm³/mol. The quantitative estimate of drug-likeness (QED) is 0.839. The van der Waals surface area contributed by atoms with Gasteiger partial charge >= 0.3 is 0 Å². The van der Waals surface area contributed by atoms with Gasteiger partial charge in [-0.2, -0.15) is 0 Å². The first kappa shape index (κ1) is 16.5. The lowest BCUT2D eigenvalue weighted by molar-refractivity contribution is 0.397.